The second-order valence-electron chi connectivity index (χ2n) is 5.36. The lowest BCUT2D eigenvalue weighted by Gasteiger charge is -2.28. The minimum absolute atomic E-state index is 0.127. The second-order valence-corrected chi connectivity index (χ2v) is 5.77. The van der Waals surface area contributed by atoms with E-state index in [9.17, 15) is 4.79 Å². The molecule has 1 atom stereocenters. The maximum atomic E-state index is 12.2. The van der Waals surface area contributed by atoms with E-state index >= 15 is 0 Å². The topological polar surface area (TPSA) is 55.1 Å². The Morgan fingerprint density at radius 2 is 2.05 bits per heavy atom. The van der Waals surface area contributed by atoms with E-state index < -0.39 is 0 Å². The molecule has 1 aromatic rings. The predicted molar refractivity (Wildman–Crippen MR) is 79.4 cm³/mol. The highest BCUT2D eigenvalue weighted by Crippen LogP contribution is 2.27. The summed E-state index contributed by atoms with van der Waals surface area (Å²) in [5.41, 5.74) is 6.67. The summed E-state index contributed by atoms with van der Waals surface area (Å²) in [6.07, 6.45) is 6.26. The van der Waals surface area contributed by atoms with Gasteiger partial charge in [0, 0.05) is 6.04 Å². The summed E-state index contributed by atoms with van der Waals surface area (Å²) in [5.74, 6) is 0.455. The number of hydrogen-bond donors (Lipinski definition) is 2. The van der Waals surface area contributed by atoms with Crippen LogP contribution in [0.2, 0.25) is 5.02 Å². The Balaban J connectivity index is 2.02. The smallest absolute Gasteiger partial charge is 0.253 e. The van der Waals surface area contributed by atoms with Gasteiger partial charge in [-0.15, -0.1) is 0 Å². The molecule has 0 aromatic heterocycles. The largest absolute Gasteiger partial charge is 0.397 e. The maximum Gasteiger partial charge on any atom is 0.253 e. The highest BCUT2D eigenvalue weighted by Gasteiger charge is 2.22. The van der Waals surface area contributed by atoms with Gasteiger partial charge in [-0.2, -0.15) is 0 Å². The summed E-state index contributed by atoms with van der Waals surface area (Å²) >= 11 is 5.94. The fourth-order valence-electron chi connectivity index (χ4n) is 2.77. The average Bonchev–Trinajstić information content (AvgIpc) is 2.42. The van der Waals surface area contributed by atoms with Crippen molar-refractivity contribution >= 4 is 23.2 Å². The van der Waals surface area contributed by atoms with E-state index in [0.717, 1.165) is 0 Å². The first-order valence-corrected chi connectivity index (χ1v) is 7.32. The van der Waals surface area contributed by atoms with Crippen molar-refractivity contribution in [3.8, 4) is 0 Å². The van der Waals surface area contributed by atoms with Crippen molar-refractivity contribution in [1.29, 1.82) is 0 Å². The Bertz CT molecular complexity index is 455. The quantitative estimate of drug-likeness (QED) is 0.831. The summed E-state index contributed by atoms with van der Waals surface area (Å²) in [5, 5.41) is 3.49. The molecule has 2 rings (SSSR count). The number of amides is 1. The van der Waals surface area contributed by atoms with Gasteiger partial charge in [-0.1, -0.05) is 36.9 Å². The fraction of sp³-hybridized carbons (Fsp3) is 0.533. The molecule has 0 bridgehead atoms. The zero-order valence-corrected chi connectivity index (χ0v) is 12.0. The number of rotatable bonds is 3. The molecule has 0 aliphatic heterocycles. The van der Waals surface area contributed by atoms with Gasteiger partial charge in [-0.05, 0) is 37.8 Å². The highest BCUT2D eigenvalue weighted by atomic mass is 35.5. The molecule has 1 unspecified atom stereocenters. The molecule has 0 radical (unpaired) electrons. The SMILES string of the molecule is CC(NC(=O)c1cccc(Cl)c1N)C1CCCCC1. The zero-order chi connectivity index (χ0) is 13.8. The number of halogens is 1. The van der Waals surface area contributed by atoms with Gasteiger partial charge in [0.15, 0.2) is 0 Å². The lowest BCUT2D eigenvalue weighted by molar-refractivity contribution is 0.0920. The van der Waals surface area contributed by atoms with Crippen LogP contribution < -0.4 is 11.1 Å². The molecule has 1 aliphatic carbocycles. The third-order valence-electron chi connectivity index (χ3n) is 4.01. The molecule has 0 heterocycles. The van der Waals surface area contributed by atoms with Crippen LogP contribution in [0.25, 0.3) is 0 Å². The van der Waals surface area contributed by atoms with E-state index in [1.54, 1.807) is 18.2 Å². The van der Waals surface area contributed by atoms with Gasteiger partial charge in [0.05, 0.1) is 16.3 Å². The van der Waals surface area contributed by atoms with Gasteiger partial charge in [0.25, 0.3) is 5.91 Å². The van der Waals surface area contributed by atoms with E-state index in [2.05, 4.69) is 12.2 Å². The van der Waals surface area contributed by atoms with Crippen molar-refractivity contribution < 1.29 is 4.79 Å². The number of benzene rings is 1. The Kier molecular flexibility index (Phi) is 4.70. The number of nitrogens with two attached hydrogens (primary N) is 1. The third-order valence-corrected chi connectivity index (χ3v) is 4.34. The molecular weight excluding hydrogens is 260 g/mol. The summed E-state index contributed by atoms with van der Waals surface area (Å²) in [7, 11) is 0. The van der Waals surface area contributed by atoms with Crippen LogP contribution in [0.15, 0.2) is 18.2 Å². The first kappa shape index (κ1) is 14.2. The van der Waals surface area contributed by atoms with Crippen molar-refractivity contribution in [3.05, 3.63) is 28.8 Å². The Morgan fingerprint density at radius 1 is 1.37 bits per heavy atom. The molecule has 3 nitrogen and oxygen atoms in total. The number of para-hydroxylation sites is 1. The van der Waals surface area contributed by atoms with Gasteiger partial charge in [-0.3, -0.25) is 4.79 Å². The third kappa shape index (κ3) is 3.41. The van der Waals surface area contributed by atoms with Crippen molar-refractivity contribution in [1.82, 2.24) is 5.32 Å². The normalized spacial score (nSPS) is 18.0. The molecule has 104 valence electrons. The molecule has 1 saturated carbocycles. The van der Waals surface area contributed by atoms with E-state index in [1.807, 2.05) is 0 Å². The molecule has 1 amide bonds. The minimum atomic E-state index is -0.127. The summed E-state index contributed by atoms with van der Waals surface area (Å²) in [6.45, 7) is 2.08. The van der Waals surface area contributed by atoms with E-state index in [0.29, 0.717) is 22.2 Å². The Morgan fingerprint density at radius 3 is 2.74 bits per heavy atom. The van der Waals surface area contributed by atoms with E-state index in [-0.39, 0.29) is 11.9 Å². The van der Waals surface area contributed by atoms with Gasteiger partial charge in [0.1, 0.15) is 0 Å². The van der Waals surface area contributed by atoms with Gasteiger partial charge in [0.2, 0.25) is 0 Å². The zero-order valence-electron chi connectivity index (χ0n) is 11.3. The summed E-state index contributed by atoms with van der Waals surface area (Å²) in [6, 6.07) is 5.34. The maximum absolute atomic E-state index is 12.2. The van der Waals surface area contributed by atoms with Crippen LogP contribution in [0, 0.1) is 5.92 Å². The molecule has 4 heteroatoms. The molecular formula is C15H21ClN2O. The summed E-state index contributed by atoms with van der Waals surface area (Å²) < 4.78 is 0. The van der Waals surface area contributed by atoms with Crippen LogP contribution in [0.5, 0.6) is 0 Å². The van der Waals surface area contributed by atoms with Crippen molar-refractivity contribution in [3.63, 3.8) is 0 Å². The van der Waals surface area contributed by atoms with Crippen LogP contribution in [-0.4, -0.2) is 11.9 Å². The monoisotopic (exact) mass is 280 g/mol. The number of hydrogen-bond acceptors (Lipinski definition) is 2. The van der Waals surface area contributed by atoms with Gasteiger partial charge in [-0.25, -0.2) is 0 Å². The Hall–Kier alpha value is -1.22. The molecule has 0 spiro atoms. The van der Waals surface area contributed by atoms with Crippen molar-refractivity contribution in [2.24, 2.45) is 5.92 Å². The second kappa shape index (κ2) is 6.29. The number of anilines is 1. The number of carbonyl (C=O) groups excluding carboxylic acids is 1. The van der Waals surface area contributed by atoms with Crippen LogP contribution >= 0.6 is 11.6 Å². The van der Waals surface area contributed by atoms with Crippen molar-refractivity contribution in [2.45, 2.75) is 45.1 Å². The predicted octanol–water partition coefficient (Wildman–Crippen LogP) is 3.62. The molecule has 1 aliphatic rings. The van der Waals surface area contributed by atoms with Crippen molar-refractivity contribution in [2.75, 3.05) is 5.73 Å². The first-order chi connectivity index (χ1) is 9.09. The number of carbonyl (C=O) groups is 1. The number of nitrogens with one attached hydrogen (secondary N) is 1. The highest BCUT2D eigenvalue weighted by molar-refractivity contribution is 6.33. The standard InChI is InChI=1S/C15H21ClN2O/c1-10(11-6-3-2-4-7-11)18-15(19)12-8-5-9-13(16)14(12)17/h5,8-11H,2-4,6-7,17H2,1H3,(H,18,19). The molecule has 3 N–H and O–H groups in total. The fourth-order valence-corrected chi connectivity index (χ4v) is 2.95. The summed E-state index contributed by atoms with van der Waals surface area (Å²) in [4.78, 5) is 12.2. The van der Waals surface area contributed by atoms with Gasteiger partial charge >= 0.3 is 0 Å². The number of nitrogen functional groups attached to an aromatic ring is 1. The molecule has 0 saturated heterocycles. The first-order valence-electron chi connectivity index (χ1n) is 6.94. The average molecular weight is 281 g/mol. The van der Waals surface area contributed by atoms with Crippen LogP contribution in [0.1, 0.15) is 49.4 Å². The molecule has 19 heavy (non-hydrogen) atoms. The van der Waals surface area contributed by atoms with Crippen LogP contribution in [0.4, 0.5) is 5.69 Å². The van der Waals surface area contributed by atoms with Crippen LogP contribution in [0.3, 0.4) is 0 Å². The van der Waals surface area contributed by atoms with Crippen LogP contribution in [-0.2, 0) is 0 Å². The Labute approximate surface area is 119 Å². The lowest BCUT2D eigenvalue weighted by atomic mass is 9.84. The minimum Gasteiger partial charge on any atom is -0.397 e. The van der Waals surface area contributed by atoms with E-state index in [1.165, 1.54) is 32.1 Å². The van der Waals surface area contributed by atoms with Gasteiger partial charge < -0.3 is 11.1 Å². The van der Waals surface area contributed by atoms with E-state index in [4.69, 9.17) is 17.3 Å². The molecule has 1 aromatic carbocycles. The lowest BCUT2D eigenvalue weighted by Crippen LogP contribution is -2.39. The molecule has 1 fully saturated rings.